The zero-order valence-corrected chi connectivity index (χ0v) is 18.2. The number of aromatic nitrogens is 1. The van der Waals surface area contributed by atoms with Crippen LogP contribution in [-0.4, -0.2) is 35.0 Å². The van der Waals surface area contributed by atoms with E-state index >= 15 is 0 Å². The minimum absolute atomic E-state index is 0.0546. The van der Waals surface area contributed by atoms with Crippen LogP contribution in [0.1, 0.15) is 43.9 Å². The summed E-state index contributed by atoms with van der Waals surface area (Å²) in [5, 5.41) is 3.50. The van der Waals surface area contributed by atoms with Gasteiger partial charge in [0, 0.05) is 17.8 Å². The summed E-state index contributed by atoms with van der Waals surface area (Å²) in [5.74, 6) is 1.14. The average molecular weight is 418 g/mol. The molecule has 6 nitrogen and oxygen atoms in total. The monoisotopic (exact) mass is 417 g/mol. The van der Waals surface area contributed by atoms with Crippen LogP contribution < -0.4 is 16.2 Å². The van der Waals surface area contributed by atoms with Crippen molar-refractivity contribution in [1.82, 2.24) is 20.7 Å². The second-order valence-electron chi connectivity index (χ2n) is 9.31. The molecule has 0 fully saturated rings. The maximum absolute atomic E-state index is 13.8. The number of nitrogens with zero attached hydrogens (tertiary/aromatic N) is 2. The topological polar surface area (TPSA) is 69.3 Å². The molecule has 3 aliphatic heterocycles. The normalized spacial score (nSPS) is 26.2. The first-order valence-electron chi connectivity index (χ1n) is 11.4. The zero-order valence-electron chi connectivity index (χ0n) is 18.2. The molecule has 1 aromatic heterocycles. The van der Waals surface area contributed by atoms with Crippen molar-refractivity contribution in [3.05, 3.63) is 71.1 Å². The highest BCUT2D eigenvalue weighted by atomic mass is 16.2. The van der Waals surface area contributed by atoms with E-state index in [0.717, 1.165) is 55.7 Å². The van der Waals surface area contributed by atoms with E-state index in [1.54, 1.807) is 0 Å². The van der Waals surface area contributed by atoms with E-state index in [1.807, 2.05) is 17.0 Å². The lowest BCUT2D eigenvalue weighted by molar-refractivity contribution is -0.140. The Morgan fingerprint density at radius 3 is 2.81 bits per heavy atom. The van der Waals surface area contributed by atoms with Gasteiger partial charge in [0.2, 0.25) is 5.91 Å². The van der Waals surface area contributed by atoms with Crippen LogP contribution in [0.25, 0.3) is 0 Å². The first-order valence-corrected chi connectivity index (χ1v) is 11.4. The molecule has 1 amide bonds. The van der Waals surface area contributed by atoms with Crippen LogP contribution in [0.3, 0.4) is 0 Å². The number of pyridine rings is 1. The third-order valence-electron chi connectivity index (χ3n) is 6.81. The van der Waals surface area contributed by atoms with Crippen molar-refractivity contribution in [2.24, 2.45) is 5.41 Å². The first-order chi connectivity index (χ1) is 15.1. The van der Waals surface area contributed by atoms with Gasteiger partial charge in [-0.25, -0.2) is 10.4 Å². The number of hydrogen-bond acceptors (Lipinski definition) is 5. The molecule has 0 saturated carbocycles. The zero-order chi connectivity index (χ0) is 21.3. The number of anilines is 1. The molecule has 2 atom stereocenters. The predicted molar refractivity (Wildman–Crippen MR) is 122 cm³/mol. The summed E-state index contributed by atoms with van der Waals surface area (Å²) in [6, 6.07) is 16.6. The average Bonchev–Trinajstić information content (AvgIpc) is 3.35. The lowest BCUT2D eigenvalue weighted by atomic mass is 9.77. The molecule has 6 heteroatoms. The highest BCUT2D eigenvalue weighted by molar-refractivity contribution is 5.84. The number of fused-ring (bicyclic) bond motifs is 3. The molecule has 0 radical (unpaired) electrons. The maximum atomic E-state index is 13.8. The molecule has 3 aliphatic rings. The molecule has 5 rings (SSSR count). The van der Waals surface area contributed by atoms with E-state index in [1.165, 1.54) is 11.1 Å². The Kier molecular flexibility index (Phi) is 5.40. The molecule has 2 aromatic rings. The Morgan fingerprint density at radius 2 is 1.94 bits per heavy atom. The van der Waals surface area contributed by atoms with Gasteiger partial charge in [-0.05, 0) is 43.4 Å². The fraction of sp³-hybridized carbons (Fsp3) is 0.440. The number of hydrazine groups is 1. The van der Waals surface area contributed by atoms with Crippen molar-refractivity contribution in [1.29, 1.82) is 0 Å². The summed E-state index contributed by atoms with van der Waals surface area (Å²) < 4.78 is 0. The van der Waals surface area contributed by atoms with Crippen molar-refractivity contribution < 1.29 is 4.79 Å². The third-order valence-corrected chi connectivity index (χ3v) is 6.81. The molecule has 0 spiro atoms. The van der Waals surface area contributed by atoms with Gasteiger partial charge in [0.05, 0.1) is 17.7 Å². The molecule has 4 heterocycles. The fourth-order valence-electron chi connectivity index (χ4n) is 5.09. The lowest BCUT2D eigenvalue weighted by Crippen LogP contribution is -2.47. The van der Waals surface area contributed by atoms with Gasteiger partial charge in [0.1, 0.15) is 12.0 Å². The van der Waals surface area contributed by atoms with Crippen LogP contribution >= 0.6 is 0 Å². The predicted octanol–water partition coefficient (Wildman–Crippen LogP) is 3.39. The van der Waals surface area contributed by atoms with Gasteiger partial charge >= 0.3 is 0 Å². The van der Waals surface area contributed by atoms with Gasteiger partial charge < -0.3 is 15.6 Å². The van der Waals surface area contributed by atoms with Crippen LogP contribution in [0.5, 0.6) is 0 Å². The number of amides is 1. The minimum Gasteiger partial charge on any atom is -0.350 e. The SMILES string of the molecule is CC1(Cc2ccccc2)CCCCCc2cccc(n2)NC2NNC3=C2CN(C3)C1=O. The van der Waals surface area contributed by atoms with Crippen molar-refractivity contribution in [2.45, 2.75) is 51.6 Å². The molecule has 31 heavy (non-hydrogen) atoms. The molecule has 2 unspecified atom stereocenters. The lowest BCUT2D eigenvalue weighted by Gasteiger charge is -2.34. The van der Waals surface area contributed by atoms with Crippen LogP contribution in [-0.2, 0) is 17.6 Å². The highest BCUT2D eigenvalue weighted by Gasteiger charge is 2.41. The largest absolute Gasteiger partial charge is 0.350 e. The first kappa shape index (κ1) is 20.1. The Morgan fingerprint density at radius 1 is 1.06 bits per heavy atom. The molecule has 1 aromatic carbocycles. The summed E-state index contributed by atoms with van der Waals surface area (Å²) in [5.41, 5.74) is 10.9. The van der Waals surface area contributed by atoms with E-state index < -0.39 is 5.41 Å². The third kappa shape index (κ3) is 4.17. The Bertz CT molecular complexity index is 988. The Balaban J connectivity index is 1.42. The number of nitrogens with one attached hydrogen (secondary N) is 3. The molecule has 4 bridgehead atoms. The standard InChI is InChI=1S/C25H31N5O/c1-25(15-18-9-4-2-5-10-18)14-7-3-6-11-19-12-8-13-22(26-19)27-23-20-16-30(24(25)31)17-21(20)28-29-23/h2,4-5,8-10,12-13,23,28-29H,3,6-7,11,14-17H2,1H3,(H,26,27). The number of rotatable bonds is 2. The van der Waals surface area contributed by atoms with Crippen molar-refractivity contribution >= 4 is 11.7 Å². The summed E-state index contributed by atoms with van der Waals surface area (Å²) >= 11 is 0. The molecule has 3 N–H and O–H groups in total. The summed E-state index contributed by atoms with van der Waals surface area (Å²) in [6.07, 6.45) is 5.85. The number of carbonyl (C=O) groups excluding carboxylic acids is 1. The van der Waals surface area contributed by atoms with Gasteiger partial charge in [-0.1, -0.05) is 56.2 Å². The quantitative estimate of drug-likeness (QED) is 0.699. The van der Waals surface area contributed by atoms with Crippen molar-refractivity contribution in [2.75, 3.05) is 18.4 Å². The van der Waals surface area contributed by atoms with Gasteiger partial charge in [0.15, 0.2) is 0 Å². The number of carbonyl (C=O) groups is 1. The van der Waals surface area contributed by atoms with Gasteiger partial charge in [0.25, 0.3) is 0 Å². The number of hydrogen-bond donors (Lipinski definition) is 3. The molecular weight excluding hydrogens is 386 g/mol. The van der Waals surface area contributed by atoms with Gasteiger partial charge in [-0.15, -0.1) is 0 Å². The van der Waals surface area contributed by atoms with Crippen molar-refractivity contribution in [3.63, 3.8) is 0 Å². The molecule has 0 aliphatic carbocycles. The van der Waals surface area contributed by atoms with Crippen molar-refractivity contribution in [3.8, 4) is 0 Å². The summed E-state index contributed by atoms with van der Waals surface area (Å²) in [6.45, 7) is 3.45. The van der Waals surface area contributed by atoms with E-state index in [9.17, 15) is 4.79 Å². The van der Waals surface area contributed by atoms with E-state index in [0.29, 0.717) is 13.1 Å². The number of aryl methyl sites for hydroxylation is 1. The van der Waals surface area contributed by atoms with Gasteiger partial charge in [-0.3, -0.25) is 4.79 Å². The van der Waals surface area contributed by atoms with Crippen LogP contribution in [0.2, 0.25) is 0 Å². The second-order valence-corrected chi connectivity index (χ2v) is 9.31. The summed E-state index contributed by atoms with van der Waals surface area (Å²) in [4.78, 5) is 20.6. The highest BCUT2D eigenvalue weighted by Crippen LogP contribution is 2.35. The van der Waals surface area contributed by atoms with Gasteiger partial charge in [-0.2, -0.15) is 0 Å². The molecule has 0 saturated heterocycles. The van der Waals surface area contributed by atoms with E-state index in [4.69, 9.17) is 4.98 Å². The number of benzene rings is 1. The summed E-state index contributed by atoms with van der Waals surface area (Å²) in [7, 11) is 0. The van der Waals surface area contributed by atoms with Crippen LogP contribution in [0, 0.1) is 5.41 Å². The second kappa shape index (κ2) is 8.35. The Labute approximate surface area is 184 Å². The molecule has 162 valence electrons. The van der Waals surface area contributed by atoms with Crippen LogP contribution in [0.4, 0.5) is 5.82 Å². The fourth-order valence-corrected chi connectivity index (χ4v) is 5.09. The minimum atomic E-state index is -0.395. The van der Waals surface area contributed by atoms with E-state index in [-0.39, 0.29) is 12.1 Å². The smallest absolute Gasteiger partial charge is 0.229 e. The Hall–Kier alpha value is -2.86. The molecular formula is C25H31N5O. The maximum Gasteiger partial charge on any atom is 0.229 e. The van der Waals surface area contributed by atoms with E-state index in [2.05, 4.69) is 59.5 Å². The van der Waals surface area contributed by atoms with Crippen LogP contribution in [0.15, 0.2) is 59.8 Å².